The molecule has 1 fully saturated rings. The molecule has 3 heteroatoms. The van der Waals surface area contributed by atoms with Crippen LogP contribution in [0.5, 0.6) is 0 Å². The summed E-state index contributed by atoms with van der Waals surface area (Å²) in [4.78, 5) is 4.91. The number of nitrogens with two attached hydrogens (primary N) is 1. The maximum Gasteiger partial charge on any atom is 0.00998 e. The van der Waals surface area contributed by atoms with Gasteiger partial charge in [-0.1, -0.05) is 20.8 Å². The zero-order valence-electron chi connectivity index (χ0n) is 13.1. The van der Waals surface area contributed by atoms with Gasteiger partial charge in [-0.25, -0.2) is 0 Å². The van der Waals surface area contributed by atoms with E-state index < -0.39 is 0 Å². The number of hydrogen-bond acceptors (Lipinski definition) is 3. The number of hydrogen-bond donors (Lipinski definition) is 1. The molecule has 3 nitrogen and oxygen atoms in total. The lowest BCUT2D eigenvalue weighted by atomic mass is 9.85. The van der Waals surface area contributed by atoms with Gasteiger partial charge in [0.05, 0.1) is 0 Å². The van der Waals surface area contributed by atoms with Gasteiger partial charge in [-0.15, -0.1) is 0 Å². The Balaban J connectivity index is 2.20. The first-order valence-electron chi connectivity index (χ1n) is 7.41. The molecular formula is C15H33N3. The van der Waals surface area contributed by atoms with Crippen LogP contribution in [0, 0.1) is 11.3 Å². The minimum absolute atomic E-state index is 0.239. The van der Waals surface area contributed by atoms with Gasteiger partial charge in [0.1, 0.15) is 0 Å². The van der Waals surface area contributed by atoms with Gasteiger partial charge in [0.15, 0.2) is 0 Å². The van der Waals surface area contributed by atoms with E-state index in [2.05, 4.69) is 44.7 Å². The Morgan fingerprint density at radius 1 is 1.22 bits per heavy atom. The van der Waals surface area contributed by atoms with Crippen LogP contribution in [-0.4, -0.2) is 56.1 Å². The van der Waals surface area contributed by atoms with Crippen molar-refractivity contribution in [1.29, 1.82) is 0 Å². The normalized spacial score (nSPS) is 21.5. The number of nitrogens with zero attached hydrogens (tertiary/aromatic N) is 2. The molecule has 1 heterocycles. The van der Waals surface area contributed by atoms with E-state index in [0.29, 0.717) is 6.04 Å². The Morgan fingerprint density at radius 3 is 2.22 bits per heavy atom. The molecule has 0 aromatic rings. The highest BCUT2D eigenvalue weighted by Crippen LogP contribution is 2.22. The molecule has 108 valence electrons. The quantitative estimate of drug-likeness (QED) is 0.816. The molecule has 0 bridgehead atoms. The van der Waals surface area contributed by atoms with Crippen LogP contribution in [0.15, 0.2) is 0 Å². The van der Waals surface area contributed by atoms with Gasteiger partial charge in [-0.3, -0.25) is 0 Å². The third kappa shape index (κ3) is 5.68. The first-order valence-corrected chi connectivity index (χ1v) is 7.41. The molecule has 0 aromatic carbocycles. The molecule has 0 saturated carbocycles. The highest BCUT2D eigenvalue weighted by molar-refractivity contribution is 4.80. The van der Waals surface area contributed by atoms with Crippen LogP contribution < -0.4 is 5.73 Å². The summed E-state index contributed by atoms with van der Waals surface area (Å²) in [5, 5.41) is 0. The summed E-state index contributed by atoms with van der Waals surface area (Å²) in [6, 6.07) is 0.317. The van der Waals surface area contributed by atoms with Crippen LogP contribution in [0.3, 0.4) is 0 Å². The minimum atomic E-state index is 0.239. The van der Waals surface area contributed by atoms with Crippen molar-refractivity contribution < 1.29 is 0 Å². The predicted octanol–water partition coefficient (Wildman–Crippen LogP) is 2.02. The Bertz CT molecular complexity index is 224. The van der Waals surface area contributed by atoms with Gasteiger partial charge >= 0.3 is 0 Å². The second kappa shape index (κ2) is 6.88. The topological polar surface area (TPSA) is 32.5 Å². The van der Waals surface area contributed by atoms with Crippen molar-refractivity contribution in [2.45, 2.75) is 46.1 Å². The number of likely N-dealkylation sites (tertiary alicyclic amines) is 1. The zero-order chi connectivity index (χ0) is 13.8. The fraction of sp³-hybridized carbons (Fsp3) is 1.00. The first kappa shape index (κ1) is 15.9. The molecule has 1 atom stereocenters. The summed E-state index contributed by atoms with van der Waals surface area (Å²) < 4.78 is 0. The van der Waals surface area contributed by atoms with Crippen LogP contribution in [0.4, 0.5) is 0 Å². The molecule has 18 heavy (non-hydrogen) atoms. The molecule has 1 aliphatic rings. The summed E-state index contributed by atoms with van der Waals surface area (Å²) in [7, 11) is 4.35. The van der Waals surface area contributed by atoms with Crippen molar-refractivity contribution in [3.63, 3.8) is 0 Å². The Kier molecular flexibility index (Phi) is 6.09. The van der Waals surface area contributed by atoms with E-state index in [1.54, 1.807) is 0 Å². The van der Waals surface area contributed by atoms with Crippen molar-refractivity contribution in [2.75, 3.05) is 40.3 Å². The second-order valence-electron chi connectivity index (χ2n) is 7.31. The molecule has 0 spiro atoms. The lowest BCUT2D eigenvalue weighted by molar-refractivity contribution is 0.151. The average Bonchev–Trinajstić information content (AvgIpc) is 2.25. The second-order valence-corrected chi connectivity index (χ2v) is 7.31. The van der Waals surface area contributed by atoms with Crippen LogP contribution in [0.2, 0.25) is 0 Å². The van der Waals surface area contributed by atoms with Gasteiger partial charge < -0.3 is 15.5 Å². The molecule has 0 amide bonds. The maximum atomic E-state index is 6.23. The SMILES string of the molecule is CN(C)CC1CCN(CCC(N)C(C)(C)C)CC1. The Hall–Kier alpha value is -0.120. The summed E-state index contributed by atoms with van der Waals surface area (Å²) >= 11 is 0. The van der Waals surface area contributed by atoms with Crippen LogP contribution in [-0.2, 0) is 0 Å². The van der Waals surface area contributed by atoms with Gasteiger partial charge in [0.2, 0.25) is 0 Å². The van der Waals surface area contributed by atoms with E-state index in [-0.39, 0.29) is 5.41 Å². The van der Waals surface area contributed by atoms with Crippen LogP contribution in [0.25, 0.3) is 0 Å². The predicted molar refractivity (Wildman–Crippen MR) is 79.8 cm³/mol. The van der Waals surface area contributed by atoms with E-state index in [9.17, 15) is 0 Å². The van der Waals surface area contributed by atoms with Crippen molar-refractivity contribution in [1.82, 2.24) is 9.80 Å². The molecule has 0 radical (unpaired) electrons. The summed E-state index contributed by atoms with van der Waals surface area (Å²) in [6.45, 7) is 11.6. The summed E-state index contributed by atoms with van der Waals surface area (Å²) in [5.41, 5.74) is 6.47. The third-order valence-electron chi connectivity index (χ3n) is 4.20. The Labute approximate surface area is 114 Å². The van der Waals surface area contributed by atoms with Crippen LogP contribution >= 0.6 is 0 Å². The van der Waals surface area contributed by atoms with E-state index in [0.717, 1.165) is 12.3 Å². The van der Waals surface area contributed by atoms with E-state index in [1.807, 2.05) is 0 Å². The van der Waals surface area contributed by atoms with Gasteiger partial charge in [-0.2, -0.15) is 0 Å². The lowest BCUT2D eigenvalue weighted by Crippen LogP contribution is -2.42. The molecule has 0 aromatic heterocycles. The fourth-order valence-electron chi connectivity index (χ4n) is 2.66. The van der Waals surface area contributed by atoms with E-state index >= 15 is 0 Å². The van der Waals surface area contributed by atoms with E-state index in [1.165, 1.54) is 39.0 Å². The van der Waals surface area contributed by atoms with Gasteiger partial charge in [0, 0.05) is 12.6 Å². The Morgan fingerprint density at radius 2 is 1.78 bits per heavy atom. The number of piperidine rings is 1. The molecular weight excluding hydrogens is 222 g/mol. The van der Waals surface area contributed by atoms with Gasteiger partial charge in [0.25, 0.3) is 0 Å². The number of rotatable bonds is 5. The molecule has 1 aliphatic heterocycles. The lowest BCUT2D eigenvalue weighted by Gasteiger charge is -2.35. The minimum Gasteiger partial charge on any atom is -0.327 e. The molecule has 1 saturated heterocycles. The highest BCUT2D eigenvalue weighted by Gasteiger charge is 2.23. The zero-order valence-corrected chi connectivity index (χ0v) is 13.1. The third-order valence-corrected chi connectivity index (χ3v) is 4.20. The first-order chi connectivity index (χ1) is 8.29. The summed E-state index contributed by atoms with van der Waals surface area (Å²) in [5.74, 6) is 0.896. The highest BCUT2D eigenvalue weighted by atomic mass is 15.1. The van der Waals surface area contributed by atoms with Crippen molar-refractivity contribution in [3.05, 3.63) is 0 Å². The molecule has 1 rings (SSSR count). The van der Waals surface area contributed by atoms with Gasteiger partial charge in [-0.05, 0) is 64.3 Å². The fourth-order valence-corrected chi connectivity index (χ4v) is 2.66. The standard InChI is InChI=1S/C15H33N3/c1-15(2,3)14(16)8-11-18-9-6-13(7-10-18)12-17(4)5/h13-14H,6-12,16H2,1-5H3. The molecule has 2 N–H and O–H groups in total. The van der Waals surface area contributed by atoms with E-state index in [4.69, 9.17) is 5.73 Å². The molecule has 0 aliphatic carbocycles. The van der Waals surface area contributed by atoms with Crippen molar-refractivity contribution in [3.8, 4) is 0 Å². The monoisotopic (exact) mass is 255 g/mol. The van der Waals surface area contributed by atoms with Crippen LogP contribution in [0.1, 0.15) is 40.0 Å². The van der Waals surface area contributed by atoms with Crippen molar-refractivity contribution >= 4 is 0 Å². The van der Waals surface area contributed by atoms with Crippen molar-refractivity contribution in [2.24, 2.45) is 17.1 Å². The molecule has 1 unspecified atom stereocenters. The average molecular weight is 255 g/mol. The largest absolute Gasteiger partial charge is 0.327 e. The smallest absolute Gasteiger partial charge is 0.00998 e. The maximum absolute atomic E-state index is 6.23. The summed E-state index contributed by atoms with van der Waals surface area (Å²) in [6.07, 6.45) is 3.83.